The van der Waals surface area contributed by atoms with Crippen LogP contribution in [0.25, 0.3) is 0 Å². The molecule has 1 saturated heterocycles. The molecule has 3 heterocycles. The number of nitrogens with zero attached hydrogens (tertiary/aromatic N) is 3. The molecule has 1 aliphatic heterocycles. The van der Waals surface area contributed by atoms with Crippen LogP contribution in [0.15, 0.2) is 46.1 Å². The summed E-state index contributed by atoms with van der Waals surface area (Å²) >= 11 is 0. The number of anilines is 1. The van der Waals surface area contributed by atoms with E-state index in [2.05, 4.69) is 25.9 Å². The number of hydrogen-bond donors (Lipinski definition) is 3. The summed E-state index contributed by atoms with van der Waals surface area (Å²) in [6.45, 7) is 2.30. The van der Waals surface area contributed by atoms with Gasteiger partial charge >= 0.3 is 0 Å². The van der Waals surface area contributed by atoms with E-state index in [1.807, 2.05) is 4.90 Å². The first-order valence-corrected chi connectivity index (χ1v) is 8.81. The zero-order valence-electron chi connectivity index (χ0n) is 15.5. The van der Waals surface area contributed by atoms with Gasteiger partial charge in [-0.05, 0) is 30.7 Å². The normalized spacial score (nSPS) is 16.4. The van der Waals surface area contributed by atoms with Crippen molar-refractivity contribution in [2.45, 2.75) is 12.5 Å². The van der Waals surface area contributed by atoms with Gasteiger partial charge < -0.3 is 25.3 Å². The molecule has 1 aliphatic rings. The average Bonchev–Trinajstić information content (AvgIpc) is 3.36. The number of furan rings is 1. The van der Waals surface area contributed by atoms with Gasteiger partial charge in [-0.25, -0.2) is 9.37 Å². The van der Waals surface area contributed by atoms with Crippen molar-refractivity contribution >= 4 is 41.7 Å². The number of pyridine rings is 1. The molecule has 0 radical (unpaired) electrons. The van der Waals surface area contributed by atoms with Crippen LogP contribution in [0.3, 0.4) is 0 Å². The van der Waals surface area contributed by atoms with Crippen LogP contribution in [0, 0.1) is 5.82 Å². The number of rotatable bonds is 6. The van der Waals surface area contributed by atoms with Crippen molar-refractivity contribution in [2.24, 2.45) is 4.99 Å². The van der Waals surface area contributed by atoms with Gasteiger partial charge in [0.25, 0.3) is 5.91 Å². The fraction of sp³-hybridized carbons (Fsp3) is 0.389. The van der Waals surface area contributed by atoms with E-state index in [9.17, 15) is 9.18 Å². The standard InChI is InChI=1S/C18H23FN6O2.HI/c1-20-18(23-9-8-22-17(26)15-5-3-11-27-15)24-13-6-10-25(12-13)16-14(19)4-2-7-21-16;/h2-5,7,11,13H,6,8-10,12H2,1H3,(H,22,26)(H2,20,23,24);1H. The Morgan fingerprint density at radius 1 is 1.36 bits per heavy atom. The summed E-state index contributed by atoms with van der Waals surface area (Å²) in [4.78, 5) is 22.0. The monoisotopic (exact) mass is 502 g/mol. The number of nitrogens with one attached hydrogen (secondary N) is 3. The van der Waals surface area contributed by atoms with Crippen molar-refractivity contribution in [1.29, 1.82) is 0 Å². The number of carbonyl (C=O) groups excluding carboxylic acids is 1. The Bertz CT molecular complexity index is 786. The first-order chi connectivity index (χ1) is 13.2. The van der Waals surface area contributed by atoms with Crippen molar-refractivity contribution in [3.8, 4) is 0 Å². The van der Waals surface area contributed by atoms with Crippen LogP contribution in [-0.4, -0.2) is 56.1 Å². The van der Waals surface area contributed by atoms with E-state index in [0.717, 1.165) is 13.0 Å². The molecule has 152 valence electrons. The lowest BCUT2D eigenvalue weighted by molar-refractivity contribution is 0.0926. The molecule has 0 aromatic carbocycles. The van der Waals surface area contributed by atoms with E-state index in [4.69, 9.17) is 4.42 Å². The predicted molar refractivity (Wildman–Crippen MR) is 116 cm³/mol. The van der Waals surface area contributed by atoms with Gasteiger partial charge in [0.05, 0.1) is 6.26 Å². The van der Waals surface area contributed by atoms with Crippen LogP contribution in [0.1, 0.15) is 17.0 Å². The van der Waals surface area contributed by atoms with E-state index >= 15 is 0 Å². The Labute approximate surface area is 180 Å². The first-order valence-electron chi connectivity index (χ1n) is 8.81. The topological polar surface area (TPSA) is 94.8 Å². The van der Waals surface area contributed by atoms with Crippen molar-refractivity contribution in [1.82, 2.24) is 20.9 Å². The minimum atomic E-state index is -0.312. The lowest BCUT2D eigenvalue weighted by atomic mass is 10.3. The molecule has 1 atom stereocenters. The molecule has 8 nitrogen and oxygen atoms in total. The second-order valence-electron chi connectivity index (χ2n) is 6.12. The smallest absolute Gasteiger partial charge is 0.287 e. The van der Waals surface area contributed by atoms with E-state index in [-0.39, 0.29) is 47.5 Å². The Balaban J connectivity index is 0.00000280. The Kier molecular flexibility index (Phi) is 8.48. The fourth-order valence-corrected chi connectivity index (χ4v) is 2.92. The van der Waals surface area contributed by atoms with E-state index in [0.29, 0.717) is 31.4 Å². The molecule has 3 rings (SSSR count). The predicted octanol–water partition coefficient (Wildman–Crippen LogP) is 1.61. The van der Waals surface area contributed by atoms with E-state index in [1.54, 1.807) is 31.4 Å². The number of carbonyl (C=O) groups is 1. The van der Waals surface area contributed by atoms with Crippen LogP contribution >= 0.6 is 24.0 Å². The maximum absolute atomic E-state index is 13.9. The number of guanidine groups is 1. The van der Waals surface area contributed by atoms with Gasteiger partial charge in [-0.3, -0.25) is 9.79 Å². The molecule has 0 saturated carbocycles. The number of hydrogen-bond acceptors (Lipinski definition) is 5. The number of amides is 1. The number of halogens is 2. The molecule has 0 aliphatic carbocycles. The SMILES string of the molecule is CN=C(NCCNC(=O)c1ccco1)NC1CCN(c2ncccc2F)C1.I. The summed E-state index contributed by atoms with van der Waals surface area (Å²) in [7, 11) is 1.68. The molecule has 10 heteroatoms. The molecule has 2 aromatic heterocycles. The minimum absolute atomic E-state index is 0. The van der Waals surface area contributed by atoms with Crippen LogP contribution in [0.4, 0.5) is 10.2 Å². The highest BCUT2D eigenvalue weighted by atomic mass is 127. The van der Waals surface area contributed by atoms with Crippen LogP contribution in [0.2, 0.25) is 0 Å². The molecule has 28 heavy (non-hydrogen) atoms. The van der Waals surface area contributed by atoms with Gasteiger partial charge in [0, 0.05) is 45.5 Å². The van der Waals surface area contributed by atoms with Gasteiger partial charge in [0.1, 0.15) is 0 Å². The summed E-state index contributed by atoms with van der Waals surface area (Å²) in [6, 6.07) is 6.41. The third-order valence-corrected chi connectivity index (χ3v) is 4.24. The third kappa shape index (κ3) is 5.81. The highest BCUT2D eigenvalue weighted by molar-refractivity contribution is 14.0. The minimum Gasteiger partial charge on any atom is -0.459 e. The molecule has 3 N–H and O–H groups in total. The molecule has 2 aromatic rings. The number of aromatic nitrogens is 1. The quantitative estimate of drug-likeness (QED) is 0.241. The van der Waals surface area contributed by atoms with Gasteiger partial charge in [0.15, 0.2) is 23.4 Å². The summed E-state index contributed by atoms with van der Waals surface area (Å²) in [5.74, 6) is 0.729. The van der Waals surface area contributed by atoms with Crippen LogP contribution in [0.5, 0.6) is 0 Å². The van der Waals surface area contributed by atoms with E-state index in [1.165, 1.54) is 12.3 Å². The molecule has 0 spiro atoms. The second kappa shape index (κ2) is 10.8. The molecular weight excluding hydrogens is 478 g/mol. The Morgan fingerprint density at radius 2 is 2.18 bits per heavy atom. The summed E-state index contributed by atoms with van der Waals surface area (Å²) in [5, 5.41) is 9.22. The highest BCUT2D eigenvalue weighted by Crippen LogP contribution is 2.20. The van der Waals surface area contributed by atoms with Crippen molar-refractivity contribution in [3.63, 3.8) is 0 Å². The first kappa shape index (κ1) is 21.9. The second-order valence-corrected chi connectivity index (χ2v) is 6.12. The van der Waals surface area contributed by atoms with Crippen LogP contribution in [-0.2, 0) is 0 Å². The zero-order valence-corrected chi connectivity index (χ0v) is 17.9. The maximum Gasteiger partial charge on any atom is 0.287 e. The van der Waals surface area contributed by atoms with Crippen molar-refractivity contribution in [3.05, 3.63) is 48.3 Å². The zero-order chi connectivity index (χ0) is 19.1. The van der Waals surface area contributed by atoms with Crippen LogP contribution < -0.4 is 20.9 Å². The fourth-order valence-electron chi connectivity index (χ4n) is 2.92. The van der Waals surface area contributed by atoms with Gasteiger partial charge in [-0.1, -0.05) is 0 Å². The summed E-state index contributed by atoms with van der Waals surface area (Å²) in [5.41, 5.74) is 0. The summed E-state index contributed by atoms with van der Waals surface area (Å²) < 4.78 is 18.9. The van der Waals surface area contributed by atoms with E-state index < -0.39 is 0 Å². The third-order valence-electron chi connectivity index (χ3n) is 4.24. The lowest BCUT2D eigenvalue weighted by Gasteiger charge is -2.20. The lowest BCUT2D eigenvalue weighted by Crippen LogP contribution is -2.46. The largest absolute Gasteiger partial charge is 0.459 e. The molecule has 1 unspecified atom stereocenters. The molecule has 0 bridgehead atoms. The molecular formula is C18H24FIN6O2. The van der Waals surface area contributed by atoms with Gasteiger partial charge in [0.2, 0.25) is 0 Å². The van der Waals surface area contributed by atoms with Crippen molar-refractivity contribution < 1.29 is 13.6 Å². The Morgan fingerprint density at radius 3 is 2.89 bits per heavy atom. The van der Waals surface area contributed by atoms with Gasteiger partial charge in [-0.2, -0.15) is 0 Å². The average molecular weight is 502 g/mol. The van der Waals surface area contributed by atoms with Crippen molar-refractivity contribution in [2.75, 3.05) is 38.1 Å². The number of aliphatic imine (C=N–C) groups is 1. The molecule has 1 amide bonds. The Hall–Kier alpha value is -2.37. The summed E-state index contributed by atoms with van der Waals surface area (Å²) in [6.07, 6.45) is 3.91. The van der Waals surface area contributed by atoms with Gasteiger partial charge in [-0.15, -0.1) is 24.0 Å². The molecule has 1 fully saturated rings. The maximum atomic E-state index is 13.9. The highest BCUT2D eigenvalue weighted by Gasteiger charge is 2.25.